The molecule has 0 aromatic carbocycles. The fraction of sp³-hybridized carbons (Fsp3) is 0.917. The van der Waals surface area contributed by atoms with E-state index in [0.717, 1.165) is 38.8 Å². The van der Waals surface area contributed by atoms with Gasteiger partial charge in [0.05, 0.1) is 0 Å². The summed E-state index contributed by atoms with van der Waals surface area (Å²) in [4.78, 5) is 14.1. The lowest BCUT2D eigenvalue weighted by Crippen LogP contribution is -2.38. The zero-order chi connectivity index (χ0) is 11.3. The molecule has 0 radical (unpaired) electrons. The van der Waals surface area contributed by atoms with Gasteiger partial charge in [0.2, 0.25) is 5.91 Å². The van der Waals surface area contributed by atoms with E-state index < -0.39 is 0 Å². The highest BCUT2D eigenvalue weighted by Crippen LogP contribution is 2.23. The fourth-order valence-electron chi connectivity index (χ4n) is 2.24. The molecule has 0 spiro atoms. The van der Waals surface area contributed by atoms with Crippen LogP contribution in [0.4, 0.5) is 0 Å². The maximum absolute atomic E-state index is 12.0. The topological polar surface area (TPSA) is 46.3 Å². The van der Waals surface area contributed by atoms with Crippen molar-refractivity contribution in [2.75, 3.05) is 13.1 Å². The number of hydrogen-bond acceptors (Lipinski definition) is 2. The molecule has 1 rings (SSSR count). The van der Waals surface area contributed by atoms with Crippen molar-refractivity contribution in [3.05, 3.63) is 0 Å². The molecule has 1 heterocycles. The van der Waals surface area contributed by atoms with E-state index in [2.05, 4.69) is 11.8 Å². The number of carbonyl (C=O) groups is 1. The van der Waals surface area contributed by atoms with Crippen LogP contribution in [0.5, 0.6) is 0 Å². The Bertz CT molecular complexity index is 206. The molecule has 88 valence electrons. The van der Waals surface area contributed by atoms with Crippen molar-refractivity contribution >= 4 is 5.91 Å². The number of hydrogen-bond donors (Lipinski definition) is 1. The minimum atomic E-state index is 0.184. The average Bonchev–Trinajstić information content (AvgIpc) is 2.72. The SMILES string of the molecule is CCC(C)C(=O)N1CCCC1CCCN. The van der Waals surface area contributed by atoms with E-state index in [1.54, 1.807) is 0 Å². The molecule has 15 heavy (non-hydrogen) atoms. The lowest BCUT2D eigenvalue weighted by Gasteiger charge is -2.27. The molecule has 2 atom stereocenters. The molecule has 1 saturated heterocycles. The smallest absolute Gasteiger partial charge is 0.225 e. The predicted molar refractivity (Wildman–Crippen MR) is 62.5 cm³/mol. The van der Waals surface area contributed by atoms with E-state index in [-0.39, 0.29) is 5.92 Å². The summed E-state index contributed by atoms with van der Waals surface area (Å²) < 4.78 is 0. The average molecular weight is 212 g/mol. The third-order valence-electron chi connectivity index (χ3n) is 3.44. The molecule has 0 aromatic heterocycles. The Morgan fingerprint density at radius 1 is 1.60 bits per heavy atom. The highest BCUT2D eigenvalue weighted by molar-refractivity contribution is 5.79. The van der Waals surface area contributed by atoms with Crippen molar-refractivity contribution in [2.24, 2.45) is 11.7 Å². The lowest BCUT2D eigenvalue weighted by molar-refractivity contribution is -0.136. The highest BCUT2D eigenvalue weighted by atomic mass is 16.2. The first-order valence-electron chi connectivity index (χ1n) is 6.21. The first-order valence-corrected chi connectivity index (χ1v) is 6.21. The molecule has 1 aliphatic heterocycles. The van der Waals surface area contributed by atoms with Crippen molar-refractivity contribution < 1.29 is 4.79 Å². The summed E-state index contributed by atoms with van der Waals surface area (Å²) in [6.45, 7) is 5.80. The van der Waals surface area contributed by atoms with Crippen LogP contribution in [0.2, 0.25) is 0 Å². The van der Waals surface area contributed by atoms with Crippen LogP contribution in [0.15, 0.2) is 0 Å². The van der Waals surface area contributed by atoms with E-state index in [4.69, 9.17) is 5.73 Å². The molecular formula is C12H24N2O. The summed E-state index contributed by atoms with van der Waals surface area (Å²) in [6, 6.07) is 0.468. The van der Waals surface area contributed by atoms with Crippen molar-refractivity contribution in [3.8, 4) is 0 Å². The summed E-state index contributed by atoms with van der Waals surface area (Å²) in [5, 5.41) is 0. The minimum absolute atomic E-state index is 0.184. The Kier molecular flexibility index (Phi) is 5.09. The summed E-state index contributed by atoms with van der Waals surface area (Å²) in [5.41, 5.74) is 5.51. The van der Waals surface area contributed by atoms with Gasteiger partial charge in [-0.15, -0.1) is 0 Å². The zero-order valence-corrected chi connectivity index (χ0v) is 10.0. The number of nitrogens with two attached hydrogens (primary N) is 1. The van der Waals surface area contributed by atoms with Gasteiger partial charge in [0.1, 0.15) is 0 Å². The van der Waals surface area contributed by atoms with Gasteiger partial charge in [0.25, 0.3) is 0 Å². The van der Waals surface area contributed by atoms with Crippen LogP contribution < -0.4 is 5.73 Å². The molecule has 1 amide bonds. The van der Waals surface area contributed by atoms with Crippen molar-refractivity contribution in [1.29, 1.82) is 0 Å². The Labute approximate surface area is 93.0 Å². The standard InChI is InChI=1S/C12H24N2O/c1-3-10(2)12(15)14-9-5-7-11(14)6-4-8-13/h10-11H,3-9,13H2,1-2H3. The molecule has 1 fully saturated rings. The molecule has 0 aromatic rings. The van der Waals surface area contributed by atoms with Crippen molar-refractivity contribution in [2.45, 2.75) is 52.0 Å². The van der Waals surface area contributed by atoms with Crippen molar-refractivity contribution in [3.63, 3.8) is 0 Å². The van der Waals surface area contributed by atoms with Crippen LogP contribution in [0.3, 0.4) is 0 Å². The molecular weight excluding hydrogens is 188 g/mol. The van der Waals surface area contributed by atoms with E-state index in [1.807, 2.05) is 6.92 Å². The molecule has 0 bridgehead atoms. The normalized spacial score (nSPS) is 23.1. The maximum atomic E-state index is 12.0. The number of rotatable bonds is 5. The molecule has 2 N–H and O–H groups in total. The maximum Gasteiger partial charge on any atom is 0.225 e. The number of amides is 1. The first kappa shape index (κ1) is 12.5. The Morgan fingerprint density at radius 3 is 2.93 bits per heavy atom. The van der Waals surface area contributed by atoms with E-state index in [1.165, 1.54) is 6.42 Å². The fourth-order valence-corrected chi connectivity index (χ4v) is 2.24. The predicted octanol–water partition coefficient (Wildman–Crippen LogP) is 1.76. The van der Waals surface area contributed by atoms with Gasteiger partial charge in [-0.2, -0.15) is 0 Å². The van der Waals surface area contributed by atoms with Crippen LogP contribution in [-0.2, 0) is 4.79 Å². The Morgan fingerprint density at radius 2 is 2.33 bits per heavy atom. The number of likely N-dealkylation sites (tertiary alicyclic amines) is 1. The van der Waals surface area contributed by atoms with E-state index in [9.17, 15) is 4.79 Å². The summed E-state index contributed by atoms with van der Waals surface area (Å²) in [6.07, 6.45) is 5.39. The monoisotopic (exact) mass is 212 g/mol. The van der Waals surface area contributed by atoms with Crippen LogP contribution in [0.1, 0.15) is 46.0 Å². The van der Waals surface area contributed by atoms with E-state index >= 15 is 0 Å². The van der Waals surface area contributed by atoms with Gasteiger partial charge in [-0.05, 0) is 38.6 Å². The first-order chi connectivity index (χ1) is 7.20. The van der Waals surface area contributed by atoms with Gasteiger partial charge < -0.3 is 10.6 Å². The zero-order valence-electron chi connectivity index (χ0n) is 10.0. The Hall–Kier alpha value is -0.570. The highest BCUT2D eigenvalue weighted by Gasteiger charge is 2.29. The summed E-state index contributed by atoms with van der Waals surface area (Å²) in [7, 11) is 0. The molecule has 2 unspecified atom stereocenters. The van der Waals surface area contributed by atoms with Crippen LogP contribution in [-0.4, -0.2) is 29.9 Å². The minimum Gasteiger partial charge on any atom is -0.339 e. The molecule has 3 heteroatoms. The quantitative estimate of drug-likeness (QED) is 0.755. The molecule has 3 nitrogen and oxygen atoms in total. The second-order valence-corrected chi connectivity index (χ2v) is 4.57. The van der Waals surface area contributed by atoms with Crippen LogP contribution in [0, 0.1) is 5.92 Å². The number of carbonyl (C=O) groups excluding carboxylic acids is 1. The largest absolute Gasteiger partial charge is 0.339 e. The summed E-state index contributed by atoms with van der Waals surface area (Å²) in [5.74, 6) is 0.528. The van der Waals surface area contributed by atoms with Crippen molar-refractivity contribution in [1.82, 2.24) is 4.90 Å². The lowest BCUT2D eigenvalue weighted by atomic mass is 10.0. The molecule has 0 saturated carbocycles. The second-order valence-electron chi connectivity index (χ2n) is 4.57. The van der Waals surface area contributed by atoms with Gasteiger partial charge in [0.15, 0.2) is 0 Å². The molecule has 0 aliphatic carbocycles. The third-order valence-corrected chi connectivity index (χ3v) is 3.44. The number of nitrogens with zero attached hydrogens (tertiary/aromatic N) is 1. The van der Waals surface area contributed by atoms with Crippen LogP contribution >= 0.6 is 0 Å². The van der Waals surface area contributed by atoms with Gasteiger partial charge in [-0.3, -0.25) is 4.79 Å². The van der Waals surface area contributed by atoms with Gasteiger partial charge in [-0.25, -0.2) is 0 Å². The van der Waals surface area contributed by atoms with Crippen LogP contribution in [0.25, 0.3) is 0 Å². The van der Waals surface area contributed by atoms with Gasteiger partial charge in [0, 0.05) is 18.5 Å². The Balaban J connectivity index is 2.48. The van der Waals surface area contributed by atoms with E-state index in [0.29, 0.717) is 11.9 Å². The summed E-state index contributed by atoms with van der Waals surface area (Å²) >= 11 is 0. The third kappa shape index (κ3) is 3.20. The van der Waals surface area contributed by atoms with Gasteiger partial charge >= 0.3 is 0 Å². The molecule has 1 aliphatic rings. The second kappa shape index (κ2) is 6.11. The van der Waals surface area contributed by atoms with Gasteiger partial charge in [-0.1, -0.05) is 13.8 Å².